The van der Waals surface area contributed by atoms with Crippen molar-refractivity contribution >= 4 is 45.5 Å². The van der Waals surface area contributed by atoms with Crippen molar-refractivity contribution in [3.63, 3.8) is 0 Å². The summed E-state index contributed by atoms with van der Waals surface area (Å²) in [6.07, 6.45) is 0. The lowest BCUT2D eigenvalue weighted by molar-refractivity contribution is -0.115. The van der Waals surface area contributed by atoms with E-state index >= 15 is 0 Å². The molecule has 0 aliphatic carbocycles. The van der Waals surface area contributed by atoms with Crippen LogP contribution < -0.4 is 5.32 Å². The fraction of sp³-hybridized carbons (Fsp3) is 0.235. The van der Waals surface area contributed by atoms with E-state index in [0.29, 0.717) is 5.13 Å². The number of amides is 1. The Morgan fingerprint density at radius 2 is 1.96 bits per heavy atom. The summed E-state index contributed by atoms with van der Waals surface area (Å²) in [5.74, 6) is -0.371. The molecule has 25 heavy (non-hydrogen) atoms. The predicted molar refractivity (Wildman–Crippen MR) is 103 cm³/mol. The lowest BCUT2D eigenvalue weighted by Crippen LogP contribution is -2.22. The predicted octanol–water partition coefficient (Wildman–Crippen LogP) is 5.14. The average Bonchev–Trinajstić information content (AvgIpc) is 3.15. The molecule has 2 heterocycles. The van der Waals surface area contributed by atoms with Gasteiger partial charge in [-0.3, -0.25) is 4.79 Å². The SMILES string of the molecule is Cc1nc(NC(=O)C(C)Sc2nc(-c3ccc(F)cc3)cs2)sc1C. The summed E-state index contributed by atoms with van der Waals surface area (Å²) >= 11 is 4.34. The van der Waals surface area contributed by atoms with Gasteiger partial charge in [0.2, 0.25) is 5.91 Å². The first kappa shape index (κ1) is 18.0. The van der Waals surface area contributed by atoms with Crippen molar-refractivity contribution in [2.45, 2.75) is 30.4 Å². The molecule has 130 valence electrons. The quantitative estimate of drug-likeness (QED) is 0.610. The number of thiazole rings is 2. The number of benzene rings is 1. The maximum atomic E-state index is 13.0. The summed E-state index contributed by atoms with van der Waals surface area (Å²) in [6.45, 7) is 5.74. The number of anilines is 1. The van der Waals surface area contributed by atoms with E-state index in [0.717, 1.165) is 26.2 Å². The number of nitrogens with one attached hydrogen (secondary N) is 1. The number of aromatic nitrogens is 2. The minimum atomic E-state index is -0.295. The van der Waals surface area contributed by atoms with E-state index in [1.165, 1.54) is 46.6 Å². The summed E-state index contributed by atoms with van der Waals surface area (Å²) in [7, 11) is 0. The van der Waals surface area contributed by atoms with Crippen molar-refractivity contribution in [3.05, 3.63) is 46.0 Å². The van der Waals surface area contributed by atoms with Gasteiger partial charge in [0.1, 0.15) is 5.82 Å². The zero-order valence-corrected chi connectivity index (χ0v) is 16.3. The van der Waals surface area contributed by atoms with Gasteiger partial charge in [-0.25, -0.2) is 14.4 Å². The second kappa shape index (κ2) is 7.63. The van der Waals surface area contributed by atoms with E-state index in [1.54, 1.807) is 12.1 Å². The molecule has 0 aliphatic rings. The third-order valence-corrected chi connectivity index (χ3v) is 6.59. The molecule has 2 aromatic heterocycles. The normalized spacial score (nSPS) is 12.2. The molecular weight excluding hydrogens is 377 g/mol. The fourth-order valence-corrected chi connectivity index (χ4v) is 4.79. The van der Waals surface area contributed by atoms with E-state index in [9.17, 15) is 9.18 Å². The molecule has 0 saturated carbocycles. The minimum Gasteiger partial charge on any atom is -0.301 e. The Morgan fingerprint density at radius 1 is 1.24 bits per heavy atom. The van der Waals surface area contributed by atoms with Gasteiger partial charge in [-0.2, -0.15) is 0 Å². The molecule has 8 heteroatoms. The summed E-state index contributed by atoms with van der Waals surface area (Å²) in [5, 5.41) is 5.09. The van der Waals surface area contributed by atoms with Crippen molar-refractivity contribution in [1.82, 2.24) is 9.97 Å². The van der Waals surface area contributed by atoms with Crippen LogP contribution in [0.15, 0.2) is 34.0 Å². The van der Waals surface area contributed by atoms with E-state index in [1.807, 2.05) is 26.2 Å². The highest BCUT2D eigenvalue weighted by Gasteiger charge is 2.18. The molecule has 1 unspecified atom stereocenters. The number of halogens is 1. The molecule has 3 rings (SSSR count). The van der Waals surface area contributed by atoms with Gasteiger partial charge in [0.05, 0.1) is 16.6 Å². The van der Waals surface area contributed by atoms with E-state index < -0.39 is 0 Å². The van der Waals surface area contributed by atoms with Gasteiger partial charge in [0.25, 0.3) is 0 Å². The monoisotopic (exact) mass is 393 g/mol. The number of carbonyl (C=O) groups is 1. The number of hydrogen-bond donors (Lipinski definition) is 1. The van der Waals surface area contributed by atoms with Gasteiger partial charge in [-0.05, 0) is 45.0 Å². The molecule has 3 aromatic rings. The highest BCUT2D eigenvalue weighted by Crippen LogP contribution is 2.31. The Kier molecular flexibility index (Phi) is 5.51. The third kappa shape index (κ3) is 4.45. The molecule has 0 aliphatic heterocycles. The molecule has 1 aromatic carbocycles. The molecule has 0 bridgehead atoms. The second-order valence-electron chi connectivity index (χ2n) is 5.42. The average molecular weight is 394 g/mol. The Morgan fingerprint density at radius 3 is 2.60 bits per heavy atom. The van der Waals surface area contributed by atoms with Crippen LogP contribution >= 0.6 is 34.4 Å². The van der Waals surface area contributed by atoms with Gasteiger partial charge in [0, 0.05) is 15.8 Å². The number of rotatable bonds is 5. The molecule has 0 saturated heterocycles. The van der Waals surface area contributed by atoms with Crippen LogP contribution in [0.25, 0.3) is 11.3 Å². The van der Waals surface area contributed by atoms with Crippen molar-refractivity contribution in [1.29, 1.82) is 0 Å². The first-order chi connectivity index (χ1) is 11.9. The number of carbonyl (C=O) groups excluding carboxylic acids is 1. The molecule has 1 N–H and O–H groups in total. The number of hydrogen-bond acceptors (Lipinski definition) is 6. The Hall–Kier alpha value is -1.77. The topological polar surface area (TPSA) is 54.9 Å². The van der Waals surface area contributed by atoms with Gasteiger partial charge >= 0.3 is 0 Å². The van der Waals surface area contributed by atoms with E-state index in [2.05, 4.69) is 15.3 Å². The number of nitrogens with zero attached hydrogens (tertiary/aromatic N) is 2. The summed E-state index contributed by atoms with van der Waals surface area (Å²) in [5.41, 5.74) is 2.58. The molecule has 0 spiro atoms. The maximum absolute atomic E-state index is 13.0. The van der Waals surface area contributed by atoms with Gasteiger partial charge in [-0.1, -0.05) is 11.8 Å². The van der Waals surface area contributed by atoms with Crippen LogP contribution in [-0.2, 0) is 4.79 Å². The van der Waals surface area contributed by atoms with Crippen LogP contribution in [0.2, 0.25) is 0 Å². The lowest BCUT2D eigenvalue weighted by Gasteiger charge is -2.08. The molecule has 1 atom stereocenters. The molecule has 0 radical (unpaired) electrons. The van der Waals surface area contributed by atoms with E-state index in [4.69, 9.17) is 0 Å². The summed E-state index contributed by atoms with van der Waals surface area (Å²) in [6, 6.07) is 6.22. The Balaban J connectivity index is 1.63. The first-order valence-electron chi connectivity index (χ1n) is 7.55. The standard InChI is InChI=1S/C17H16FN3OS3/c1-9-10(2)24-16(19-9)21-15(22)11(3)25-17-20-14(8-23-17)12-4-6-13(18)7-5-12/h4-8,11H,1-3H3,(H,19,21,22). The van der Waals surface area contributed by atoms with Crippen LogP contribution in [0.3, 0.4) is 0 Å². The van der Waals surface area contributed by atoms with Crippen molar-refractivity contribution in [2.75, 3.05) is 5.32 Å². The maximum Gasteiger partial charge on any atom is 0.239 e. The van der Waals surface area contributed by atoms with Gasteiger partial charge in [0.15, 0.2) is 9.47 Å². The van der Waals surface area contributed by atoms with Crippen LogP contribution in [-0.4, -0.2) is 21.1 Å². The van der Waals surface area contributed by atoms with Gasteiger partial charge in [-0.15, -0.1) is 22.7 Å². The smallest absolute Gasteiger partial charge is 0.239 e. The summed E-state index contributed by atoms with van der Waals surface area (Å²) in [4.78, 5) is 22.3. The second-order valence-corrected chi connectivity index (χ2v) is 9.06. The van der Waals surface area contributed by atoms with Crippen molar-refractivity contribution in [3.8, 4) is 11.3 Å². The van der Waals surface area contributed by atoms with Gasteiger partial charge < -0.3 is 5.32 Å². The number of thioether (sulfide) groups is 1. The van der Waals surface area contributed by atoms with Crippen LogP contribution in [0.1, 0.15) is 17.5 Å². The van der Waals surface area contributed by atoms with Crippen LogP contribution in [0.4, 0.5) is 9.52 Å². The first-order valence-corrected chi connectivity index (χ1v) is 10.1. The largest absolute Gasteiger partial charge is 0.301 e. The molecular formula is C17H16FN3OS3. The molecule has 1 amide bonds. The van der Waals surface area contributed by atoms with Crippen molar-refractivity contribution < 1.29 is 9.18 Å². The fourth-order valence-electron chi connectivity index (χ4n) is 2.00. The van der Waals surface area contributed by atoms with Crippen LogP contribution in [0.5, 0.6) is 0 Å². The van der Waals surface area contributed by atoms with E-state index in [-0.39, 0.29) is 17.0 Å². The number of aryl methyl sites for hydroxylation is 2. The molecule has 4 nitrogen and oxygen atoms in total. The highest BCUT2D eigenvalue weighted by molar-refractivity contribution is 8.02. The molecule has 0 fully saturated rings. The Labute approximate surface area is 157 Å². The van der Waals surface area contributed by atoms with Crippen molar-refractivity contribution in [2.24, 2.45) is 0 Å². The highest BCUT2D eigenvalue weighted by atomic mass is 32.2. The Bertz CT molecular complexity index is 869. The zero-order valence-electron chi connectivity index (χ0n) is 13.9. The zero-order chi connectivity index (χ0) is 18.0. The minimum absolute atomic E-state index is 0.0997. The third-order valence-electron chi connectivity index (χ3n) is 3.53. The van der Waals surface area contributed by atoms with Crippen LogP contribution in [0, 0.1) is 19.7 Å². The lowest BCUT2D eigenvalue weighted by atomic mass is 10.2. The summed E-state index contributed by atoms with van der Waals surface area (Å²) < 4.78 is 13.8.